The molecule has 1 unspecified atom stereocenters. The fraction of sp³-hybridized carbons (Fsp3) is 0.500. The zero-order valence-corrected chi connectivity index (χ0v) is 15.4. The van der Waals surface area contributed by atoms with E-state index in [4.69, 9.17) is 9.84 Å². The smallest absolute Gasteiger partial charge is 0.427 e. The van der Waals surface area contributed by atoms with Gasteiger partial charge in [-0.15, -0.1) is 0 Å². The predicted molar refractivity (Wildman–Crippen MR) is 92.6 cm³/mol. The first kappa shape index (κ1) is 19.5. The van der Waals surface area contributed by atoms with E-state index < -0.39 is 25.0 Å². The molecule has 8 nitrogen and oxygen atoms in total. The largest absolute Gasteiger partial charge is 0.495 e. The molecule has 1 amide bonds. The summed E-state index contributed by atoms with van der Waals surface area (Å²) < 4.78 is 49.1. The van der Waals surface area contributed by atoms with Crippen molar-refractivity contribution in [1.29, 1.82) is 0 Å². The third kappa shape index (κ3) is 3.74. The minimum absolute atomic E-state index is 0.133. The van der Waals surface area contributed by atoms with Crippen LogP contribution in [0.3, 0.4) is 0 Å². The summed E-state index contributed by atoms with van der Waals surface area (Å²) in [6.07, 6.45) is -4.97. The molecule has 2 aromatic rings. The van der Waals surface area contributed by atoms with Gasteiger partial charge in [0.25, 0.3) is 0 Å². The standard InChI is InChI=1S/C18H19F3N4O4/c1-28-10-2-3-15(22-6-10)25-5-4-13(23-25)16-11-7-24(8-12(11)16)17(27)29-14(9-26)18(19,20)21/h2-6,11-12,14,16,26H,7-9H2,1H3/t11-,12?,14-,16-/m1/s1. The SMILES string of the molecule is COc1ccc(-n2ccc([C@H]3C4CN(C(=O)O[C@H](CO)C(F)(F)F)C[C@H]43)n2)nc1. The molecule has 11 heteroatoms. The number of carbonyl (C=O) groups is 1. The Hall–Kier alpha value is -2.82. The Morgan fingerprint density at radius 3 is 2.59 bits per heavy atom. The summed E-state index contributed by atoms with van der Waals surface area (Å²) in [6.45, 7) is -0.689. The maximum absolute atomic E-state index is 12.6. The van der Waals surface area contributed by atoms with Gasteiger partial charge in [0.1, 0.15) is 5.75 Å². The van der Waals surface area contributed by atoms with E-state index in [1.54, 1.807) is 36.3 Å². The topological polar surface area (TPSA) is 89.7 Å². The van der Waals surface area contributed by atoms with Gasteiger partial charge in [-0.2, -0.15) is 18.3 Å². The second-order valence-corrected chi connectivity index (χ2v) is 7.10. The van der Waals surface area contributed by atoms with Crippen LogP contribution in [-0.2, 0) is 4.74 Å². The number of ether oxygens (including phenoxy) is 2. The van der Waals surface area contributed by atoms with Crippen molar-refractivity contribution in [1.82, 2.24) is 19.7 Å². The highest BCUT2D eigenvalue weighted by atomic mass is 19.4. The number of hydrogen-bond donors (Lipinski definition) is 1. The molecule has 29 heavy (non-hydrogen) atoms. The molecule has 3 heterocycles. The minimum atomic E-state index is -4.79. The Labute approximate surface area is 163 Å². The molecule has 2 aliphatic rings. The van der Waals surface area contributed by atoms with E-state index in [9.17, 15) is 18.0 Å². The fourth-order valence-electron chi connectivity index (χ4n) is 3.79. The Balaban J connectivity index is 1.35. The van der Waals surface area contributed by atoms with E-state index in [-0.39, 0.29) is 17.8 Å². The number of likely N-dealkylation sites (tertiary alicyclic amines) is 1. The van der Waals surface area contributed by atoms with Crippen LogP contribution >= 0.6 is 0 Å². The van der Waals surface area contributed by atoms with Crippen LogP contribution < -0.4 is 4.74 Å². The molecular formula is C18H19F3N4O4. The van der Waals surface area contributed by atoms with Gasteiger partial charge in [0.05, 0.1) is 25.6 Å². The molecule has 2 fully saturated rings. The van der Waals surface area contributed by atoms with Gasteiger partial charge in [-0.1, -0.05) is 0 Å². The zero-order valence-electron chi connectivity index (χ0n) is 15.4. The molecule has 4 atom stereocenters. The van der Waals surface area contributed by atoms with Gasteiger partial charge in [0.2, 0.25) is 6.10 Å². The number of halogens is 3. The number of fused-ring (bicyclic) bond motifs is 1. The predicted octanol–water partition coefficient (Wildman–Crippen LogP) is 1.98. The van der Waals surface area contributed by atoms with Crippen molar-refractivity contribution in [3.05, 3.63) is 36.3 Å². The normalized spacial score (nSPS) is 24.2. The molecule has 0 radical (unpaired) electrons. The van der Waals surface area contributed by atoms with Crippen LogP contribution in [0.15, 0.2) is 30.6 Å². The highest BCUT2D eigenvalue weighted by Crippen LogP contribution is 2.57. The lowest BCUT2D eigenvalue weighted by Gasteiger charge is -2.24. The summed E-state index contributed by atoms with van der Waals surface area (Å²) in [7, 11) is 1.56. The number of amides is 1. The van der Waals surface area contributed by atoms with Gasteiger partial charge in [-0.05, 0) is 30.0 Å². The highest BCUT2D eigenvalue weighted by Gasteiger charge is 2.59. The lowest BCUT2D eigenvalue weighted by Crippen LogP contribution is -2.42. The molecule has 0 aromatic carbocycles. The van der Waals surface area contributed by atoms with E-state index in [0.29, 0.717) is 24.7 Å². The number of alkyl halides is 3. The van der Waals surface area contributed by atoms with Crippen molar-refractivity contribution in [2.75, 3.05) is 26.8 Å². The van der Waals surface area contributed by atoms with Crippen molar-refractivity contribution in [2.45, 2.75) is 18.2 Å². The summed E-state index contributed by atoms with van der Waals surface area (Å²) in [4.78, 5) is 17.5. The number of rotatable bonds is 5. The maximum atomic E-state index is 12.6. The van der Waals surface area contributed by atoms with Crippen LogP contribution in [-0.4, -0.2) is 70.0 Å². The van der Waals surface area contributed by atoms with Gasteiger partial charge in [-0.25, -0.2) is 14.5 Å². The Morgan fingerprint density at radius 1 is 1.31 bits per heavy atom. The van der Waals surface area contributed by atoms with Crippen LogP contribution in [0, 0.1) is 11.8 Å². The number of pyridine rings is 1. The number of hydrogen-bond acceptors (Lipinski definition) is 6. The third-order valence-corrected chi connectivity index (χ3v) is 5.37. The Kier molecular flexibility index (Phi) is 4.85. The molecular weight excluding hydrogens is 393 g/mol. The van der Waals surface area contributed by atoms with Crippen molar-refractivity contribution in [2.24, 2.45) is 11.8 Å². The molecule has 2 aromatic heterocycles. The lowest BCUT2D eigenvalue weighted by molar-refractivity contribution is -0.214. The van der Waals surface area contributed by atoms with Crippen LogP contribution in [0.1, 0.15) is 11.6 Å². The fourth-order valence-corrected chi connectivity index (χ4v) is 3.79. The van der Waals surface area contributed by atoms with Crippen molar-refractivity contribution in [3.8, 4) is 11.6 Å². The van der Waals surface area contributed by atoms with Crippen molar-refractivity contribution in [3.63, 3.8) is 0 Å². The average Bonchev–Trinajstić information content (AvgIpc) is 3.07. The summed E-state index contributed by atoms with van der Waals surface area (Å²) in [5, 5.41) is 13.3. The number of aliphatic hydroxyl groups is 1. The molecule has 4 rings (SSSR count). The van der Waals surface area contributed by atoms with Crippen LogP contribution in [0.5, 0.6) is 5.75 Å². The van der Waals surface area contributed by atoms with Crippen molar-refractivity contribution >= 4 is 6.09 Å². The van der Waals surface area contributed by atoms with E-state index in [0.717, 1.165) is 5.69 Å². The van der Waals surface area contributed by atoms with Crippen molar-refractivity contribution < 1.29 is 32.5 Å². The molecule has 1 saturated heterocycles. The van der Waals surface area contributed by atoms with E-state index >= 15 is 0 Å². The third-order valence-electron chi connectivity index (χ3n) is 5.37. The zero-order chi connectivity index (χ0) is 20.8. The molecule has 0 bridgehead atoms. The second-order valence-electron chi connectivity index (χ2n) is 7.10. The molecule has 0 spiro atoms. The van der Waals surface area contributed by atoms with Gasteiger partial charge in [-0.3, -0.25) is 0 Å². The number of carbonyl (C=O) groups excluding carboxylic acids is 1. The maximum Gasteiger partial charge on any atom is 0.427 e. The number of methoxy groups -OCH3 is 1. The second kappa shape index (κ2) is 7.21. The van der Waals surface area contributed by atoms with Gasteiger partial charge < -0.3 is 19.5 Å². The molecule has 1 aliphatic carbocycles. The molecule has 1 saturated carbocycles. The monoisotopic (exact) mass is 412 g/mol. The van der Waals surface area contributed by atoms with Crippen LogP contribution in [0.25, 0.3) is 5.82 Å². The number of piperidine rings is 1. The lowest BCUT2D eigenvalue weighted by atomic mass is 10.2. The number of nitrogens with zero attached hydrogens (tertiary/aromatic N) is 4. The first-order valence-electron chi connectivity index (χ1n) is 9.01. The molecule has 1 aliphatic heterocycles. The highest BCUT2D eigenvalue weighted by molar-refractivity contribution is 5.69. The van der Waals surface area contributed by atoms with E-state index in [1.807, 2.05) is 6.07 Å². The van der Waals surface area contributed by atoms with Gasteiger partial charge in [0, 0.05) is 25.2 Å². The summed E-state index contributed by atoms with van der Waals surface area (Å²) in [6, 6.07) is 5.43. The average molecular weight is 412 g/mol. The minimum Gasteiger partial charge on any atom is -0.495 e. The Morgan fingerprint density at radius 2 is 2.03 bits per heavy atom. The molecule has 156 valence electrons. The first-order chi connectivity index (χ1) is 13.8. The summed E-state index contributed by atoms with van der Waals surface area (Å²) in [5.41, 5.74) is 0.856. The van der Waals surface area contributed by atoms with Crippen LogP contribution in [0.2, 0.25) is 0 Å². The molecule has 1 N–H and O–H groups in total. The first-order valence-corrected chi connectivity index (χ1v) is 9.01. The van der Waals surface area contributed by atoms with Gasteiger partial charge in [0.15, 0.2) is 5.82 Å². The van der Waals surface area contributed by atoms with E-state index in [2.05, 4.69) is 14.8 Å². The quantitative estimate of drug-likeness (QED) is 0.808. The summed E-state index contributed by atoms with van der Waals surface area (Å²) in [5.74, 6) is 1.69. The van der Waals surface area contributed by atoms with E-state index in [1.165, 1.54) is 4.90 Å². The Bertz CT molecular complexity index is 874. The summed E-state index contributed by atoms with van der Waals surface area (Å²) >= 11 is 0. The number of aromatic nitrogens is 3. The number of aliphatic hydroxyl groups excluding tert-OH is 1. The van der Waals surface area contributed by atoms with Gasteiger partial charge >= 0.3 is 12.3 Å². The van der Waals surface area contributed by atoms with Crippen LogP contribution in [0.4, 0.5) is 18.0 Å².